The van der Waals surface area contributed by atoms with E-state index in [0.717, 1.165) is 36.8 Å². The van der Waals surface area contributed by atoms with Crippen LogP contribution >= 0.6 is 11.6 Å². The number of carbonyl (C=O) groups is 3. The van der Waals surface area contributed by atoms with Crippen LogP contribution in [-0.4, -0.2) is 45.7 Å². The van der Waals surface area contributed by atoms with Crippen LogP contribution in [0.2, 0.25) is 5.02 Å². The molecule has 38 heavy (non-hydrogen) atoms. The van der Waals surface area contributed by atoms with Gasteiger partial charge in [0.2, 0.25) is 0 Å². The molecular weight excluding hydrogens is 502 g/mol. The lowest BCUT2D eigenvalue weighted by Gasteiger charge is -2.46. The third-order valence-corrected chi connectivity index (χ3v) is 8.18. The zero-order chi connectivity index (χ0) is 27.4. The van der Waals surface area contributed by atoms with Crippen LogP contribution in [0.15, 0.2) is 53.5 Å². The van der Waals surface area contributed by atoms with Crippen LogP contribution in [0.25, 0.3) is 0 Å². The summed E-state index contributed by atoms with van der Waals surface area (Å²) < 4.78 is 0. The maximum absolute atomic E-state index is 14.1. The molecule has 2 amide bonds. The Morgan fingerprint density at radius 1 is 1.16 bits per heavy atom. The Balaban J connectivity index is 1.64. The van der Waals surface area contributed by atoms with Gasteiger partial charge >= 0.3 is 5.97 Å². The number of carboxylic acids is 1. The minimum absolute atomic E-state index is 0.0687. The van der Waals surface area contributed by atoms with E-state index in [0.29, 0.717) is 34.6 Å². The van der Waals surface area contributed by atoms with Crippen molar-refractivity contribution in [3.05, 3.63) is 70.2 Å². The normalized spacial score (nSPS) is 22.0. The standard InChI is InChI=1S/C30H36ClN3O4/c1-4-25(21-8-10-22(11-9-21)28(37)32-17-14-26(35)36)34-29(38)27(23-6-5-7-24(31)18-23)33-30(34)15-12-20(13-16-30)19(2)3/h5-11,18-20,25H,4,12-17H2,1-3H3,(H,32,37)(H,35,36)/t20?,25-,30?/m1/s1. The Hall–Kier alpha value is -3.19. The number of carbonyl (C=O) groups excluding carboxylic acids is 2. The molecule has 0 radical (unpaired) electrons. The molecule has 1 spiro atoms. The molecule has 0 bridgehead atoms. The third-order valence-electron chi connectivity index (χ3n) is 7.94. The predicted octanol–water partition coefficient (Wildman–Crippen LogP) is 5.87. The van der Waals surface area contributed by atoms with Crippen molar-refractivity contribution in [2.75, 3.05) is 6.54 Å². The van der Waals surface area contributed by atoms with Crippen molar-refractivity contribution >= 4 is 35.1 Å². The van der Waals surface area contributed by atoms with Crippen molar-refractivity contribution in [1.29, 1.82) is 0 Å². The maximum Gasteiger partial charge on any atom is 0.305 e. The van der Waals surface area contributed by atoms with Crippen LogP contribution in [0.3, 0.4) is 0 Å². The first kappa shape index (κ1) is 27.8. The number of rotatable bonds is 9. The topological polar surface area (TPSA) is 99.1 Å². The molecule has 2 N–H and O–H groups in total. The summed E-state index contributed by atoms with van der Waals surface area (Å²) in [4.78, 5) is 44.4. The Labute approximate surface area is 229 Å². The number of aliphatic imine (C=N–C) groups is 1. The van der Waals surface area contributed by atoms with E-state index in [1.165, 1.54) is 0 Å². The number of hydrogen-bond donors (Lipinski definition) is 2. The van der Waals surface area contributed by atoms with Crippen LogP contribution in [0, 0.1) is 11.8 Å². The summed E-state index contributed by atoms with van der Waals surface area (Å²) in [5.74, 6) is -0.166. The minimum Gasteiger partial charge on any atom is -0.481 e. The van der Waals surface area contributed by atoms with Gasteiger partial charge in [0, 0.05) is 22.7 Å². The van der Waals surface area contributed by atoms with E-state index in [2.05, 4.69) is 26.1 Å². The molecule has 4 rings (SSSR count). The monoisotopic (exact) mass is 537 g/mol. The molecule has 1 aliphatic carbocycles. The largest absolute Gasteiger partial charge is 0.481 e. The zero-order valence-corrected chi connectivity index (χ0v) is 23.0. The quantitative estimate of drug-likeness (QED) is 0.418. The van der Waals surface area contributed by atoms with Gasteiger partial charge in [-0.1, -0.05) is 56.6 Å². The van der Waals surface area contributed by atoms with Gasteiger partial charge in [-0.05, 0) is 73.8 Å². The van der Waals surface area contributed by atoms with E-state index in [9.17, 15) is 14.4 Å². The zero-order valence-electron chi connectivity index (χ0n) is 22.2. The Bertz CT molecular complexity index is 1220. The fourth-order valence-electron chi connectivity index (χ4n) is 5.80. The predicted molar refractivity (Wildman–Crippen MR) is 148 cm³/mol. The molecule has 1 saturated carbocycles. The molecule has 0 aromatic heterocycles. The van der Waals surface area contributed by atoms with Gasteiger partial charge in [0.15, 0.2) is 0 Å². The summed E-state index contributed by atoms with van der Waals surface area (Å²) in [5.41, 5.74) is 1.98. The van der Waals surface area contributed by atoms with E-state index in [-0.39, 0.29) is 30.8 Å². The third kappa shape index (κ3) is 5.78. The van der Waals surface area contributed by atoms with Crippen molar-refractivity contribution in [2.45, 2.75) is 71.0 Å². The number of hydrogen-bond acceptors (Lipinski definition) is 4. The minimum atomic E-state index is -0.961. The first-order chi connectivity index (χ1) is 18.1. The van der Waals surface area contributed by atoms with Crippen molar-refractivity contribution in [3.63, 3.8) is 0 Å². The molecule has 2 aromatic rings. The van der Waals surface area contributed by atoms with Crippen molar-refractivity contribution in [3.8, 4) is 0 Å². The van der Waals surface area contributed by atoms with Crippen LogP contribution in [0.4, 0.5) is 0 Å². The van der Waals surface area contributed by atoms with Gasteiger partial charge in [0.1, 0.15) is 11.4 Å². The molecule has 1 atom stereocenters. The second-order valence-electron chi connectivity index (χ2n) is 10.7. The van der Waals surface area contributed by atoms with Gasteiger partial charge in [-0.25, -0.2) is 0 Å². The number of benzene rings is 2. The fraction of sp³-hybridized carbons (Fsp3) is 0.467. The van der Waals surface area contributed by atoms with E-state index >= 15 is 0 Å². The maximum atomic E-state index is 14.1. The summed E-state index contributed by atoms with van der Waals surface area (Å²) in [7, 11) is 0. The second-order valence-corrected chi connectivity index (χ2v) is 11.1. The molecule has 1 fully saturated rings. The van der Waals surface area contributed by atoms with Gasteiger partial charge in [-0.15, -0.1) is 0 Å². The van der Waals surface area contributed by atoms with E-state index in [1.807, 2.05) is 29.2 Å². The van der Waals surface area contributed by atoms with Gasteiger partial charge < -0.3 is 15.3 Å². The fourth-order valence-corrected chi connectivity index (χ4v) is 5.99. The van der Waals surface area contributed by atoms with Crippen LogP contribution in [0.5, 0.6) is 0 Å². The average molecular weight is 538 g/mol. The molecule has 1 aliphatic heterocycles. The van der Waals surface area contributed by atoms with Crippen LogP contribution < -0.4 is 5.32 Å². The lowest BCUT2D eigenvalue weighted by molar-refractivity contribution is -0.137. The number of nitrogens with zero attached hydrogens (tertiary/aromatic N) is 2. The Morgan fingerprint density at radius 2 is 1.84 bits per heavy atom. The van der Waals surface area contributed by atoms with Crippen molar-refractivity contribution < 1.29 is 19.5 Å². The van der Waals surface area contributed by atoms with Crippen LogP contribution in [-0.2, 0) is 9.59 Å². The smallest absolute Gasteiger partial charge is 0.305 e. The second kappa shape index (κ2) is 11.7. The SMILES string of the molecule is CC[C@H](c1ccc(C(=O)NCCC(=O)O)cc1)N1C(=O)C(c2cccc(Cl)c2)=NC12CCC(C(C)C)CC2. The van der Waals surface area contributed by atoms with Gasteiger partial charge in [-0.2, -0.15) is 0 Å². The summed E-state index contributed by atoms with van der Waals surface area (Å²) in [6.45, 7) is 6.65. The Kier molecular flexibility index (Phi) is 8.56. The van der Waals surface area contributed by atoms with E-state index < -0.39 is 11.6 Å². The first-order valence-corrected chi connectivity index (χ1v) is 13.8. The molecule has 2 aliphatic rings. The highest BCUT2D eigenvalue weighted by Crippen LogP contribution is 2.47. The van der Waals surface area contributed by atoms with Gasteiger partial charge in [0.25, 0.3) is 11.8 Å². The van der Waals surface area contributed by atoms with Gasteiger partial charge in [0.05, 0.1) is 12.5 Å². The highest BCUT2D eigenvalue weighted by Gasteiger charge is 2.51. The molecule has 0 unspecified atom stereocenters. The van der Waals surface area contributed by atoms with Crippen molar-refractivity contribution in [2.24, 2.45) is 16.8 Å². The molecular formula is C30H36ClN3O4. The average Bonchev–Trinajstić information content (AvgIpc) is 3.16. The molecule has 1 heterocycles. The number of nitrogens with one attached hydrogen (secondary N) is 1. The summed E-state index contributed by atoms with van der Waals surface area (Å²) >= 11 is 6.27. The number of aliphatic carboxylic acids is 1. The first-order valence-electron chi connectivity index (χ1n) is 13.4. The summed E-state index contributed by atoms with van der Waals surface area (Å²) in [6, 6.07) is 14.4. The lowest BCUT2D eigenvalue weighted by Crippen LogP contribution is -2.51. The molecule has 7 nitrogen and oxygen atoms in total. The number of amides is 2. The summed E-state index contributed by atoms with van der Waals surface area (Å²) in [6.07, 6.45) is 4.22. The highest BCUT2D eigenvalue weighted by atomic mass is 35.5. The summed E-state index contributed by atoms with van der Waals surface area (Å²) in [5, 5.41) is 12.0. The highest BCUT2D eigenvalue weighted by molar-refractivity contribution is 6.47. The molecule has 0 saturated heterocycles. The van der Waals surface area contributed by atoms with Crippen LogP contribution in [0.1, 0.15) is 86.8 Å². The Morgan fingerprint density at radius 3 is 2.42 bits per heavy atom. The molecule has 202 valence electrons. The lowest BCUT2D eigenvalue weighted by atomic mass is 9.76. The van der Waals surface area contributed by atoms with Crippen molar-refractivity contribution in [1.82, 2.24) is 10.2 Å². The molecule has 2 aromatic carbocycles. The van der Waals surface area contributed by atoms with E-state index in [4.69, 9.17) is 21.7 Å². The number of carboxylic acid groups (broad SMARTS) is 1. The molecule has 8 heteroatoms. The van der Waals surface area contributed by atoms with Gasteiger partial charge in [-0.3, -0.25) is 19.4 Å². The number of halogens is 1. The van der Waals surface area contributed by atoms with E-state index in [1.54, 1.807) is 24.3 Å².